The number of alkyl halides is 4. The molecule has 4 aromatic rings. The van der Waals surface area contributed by atoms with Gasteiger partial charge >= 0.3 is 6.18 Å². The molecule has 2 N–H and O–H groups in total. The number of hydrogen-bond acceptors (Lipinski definition) is 5. The first kappa shape index (κ1) is 32.5. The molecule has 0 saturated carbocycles. The van der Waals surface area contributed by atoms with Crippen LogP contribution in [0.2, 0.25) is 0 Å². The van der Waals surface area contributed by atoms with Crippen molar-refractivity contribution in [2.24, 2.45) is 0 Å². The van der Waals surface area contributed by atoms with Gasteiger partial charge in [-0.2, -0.15) is 13.2 Å². The predicted molar refractivity (Wildman–Crippen MR) is 156 cm³/mol. The minimum atomic E-state index is -4.68. The van der Waals surface area contributed by atoms with Gasteiger partial charge < -0.3 is 15.1 Å². The zero-order chi connectivity index (χ0) is 32.4. The third-order valence-electron chi connectivity index (χ3n) is 6.81. The van der Waals surface area contributed by atoms with E-state index < -0.39 is 46.5 Å². The predicted octanol–water partition coefficient (Wildman–Crippen LogP) is 6.07. The summed E-state index contributed by atoms with van der Waals surface area (Å²) in [5, 5.41) is 4.63. The molecular formula is C30H28F5N3O5S. The molecule has 0 fully saturated rings. The van der Waals surface area contributed by atoms with Crippen molar-refractivity contribution in [2.45, 2.75) is 25.6 Å². The van der Waals surface area contributed by atoms with Gasteiger partial charge in [-0.25, -0.2) is 12.8 Å². The molecule has 0 saturated heterocycles. The first-order valence-corrected chi connectivity index (χ1v) is 15.1. The lowest BCUT2D eigenvalue weighted by Gasteiger charge is -2.25. The van der Waals surface area contributed by atoms with Crippen LogP contribution in [-0.4, -0.2) is 59.0 Å². The lowest BCUT2D eigenvalue weighted by Crippen LogP contribution is -2.43. The smallest absolute Gasteiger partial charge is 0.408 e. The molecule has 0 spiro atoms. The van der Waals surface area contributed by atoms with Gasteiger partial charge in [0.15, 0.2) is 0 Å². The topological polar surface area (TPSA) is 109 Å². The average molecular weight is 638 g/mol. The van der Waals surface area contributed by atoms with E-state index in [0.717, 1.165) is 17.5 Å². The molecule has 8 nitrogen and oxygen atoms in total. The van der Waals surface area contributed by atoms with Crippen LogP contribution in [0.4, 0.5) is 27.6 Å². The molecule has 0 aliphatic heterocycles. The second-order valence-corrected chi connectivity index (χ2v) is 11.9. The Kier molecular flexibility index (Phi) is 9.33. The molecule has 0 aliphatic rings. The molecule has 2 amide bonds. The molecule has 0 radical (unpaired) electrons. The largest absolute Gasteiger partial charge is 0.455 e. The number of nitrogens with one attached hydrogen (secondary N) is 2. The molecule has 0 aliphatic carbocycles. The molecule has 0 bridgehead atoms. The van der Waals surface area contributed by atoms with Gasteiger partial charge in [-0.3, -0.25) is 18.3 Å². The van der Waals surface area contributed by atoms with E-state index in [4.69, 9.17) is 4.42 Å². The average Bonchev–Trinajstić information content (AvgIpc) is 3.34. The van der Waals surface area contributed by atoms with Crippen molar-refractivity contribution in [3.8, 4) is 22.5 Å². The maximum absolute atomic E-state index is 13.7. The van der Waals surface area contributed by atoms with Crippen molar-refractivity contribution in [2.75, 3.05) is 30.8 Å². The van der Waals surface area contributed by atoms with E-state index in [9.17, 15) is 40.0 Å². The summed E-state index contributed by atoms with van der Waals surface area (Å²) in [6, 6.07) is 11.3. The van der Waals surface area contributed by atoms with E-state index in [0.29, 0.717) is 5.56 Å². The normalized spacial score (nSPS) is 12.6. The molecule has 1 heterocycles. The molecule has 44 heavy (non-hydrogen) atoms. The van der Waals surface area contributed by atoms with Crippen molar-refractivity contribution >= 4 is 38.5 Å². The number of carbonyl (C=O) groups excluding carboxylic acids is 2. The third-order valence-corrected chi connectivity index (χ3v) is 7.98. The number of amides is 2. The Morgan fingerprint density at radius 1 is 1.00 bits per heavy atom. The highest BCUT2D eigenvalue weighted by molar-refractivity contribution is 7.92. The fraction of sp³-hybridized carbons (Fsp3) is 0.267. The van der Waals surface area contributed by atoms with Crippen LogP contribution < -0.4 is 14.9 Å². The number of hydrogen-bond donors (Lipinski definition) is 2. The van der Waals surface area contributed by atoms with Crippen molar-refractivity contribution in [1.29, 1.82) is 0 Å². The molecule has 4 rings (SSSR count). The highest BCUT2D eigenvalue weighted by atomic mass is 32.2. The zero-order valence-electron chi connectivity index (χ0n) is 23.8. The number of carbonyl (C=O) groups is 2. The molecule has 1 aromatic heterocycles. The van der Waals surface area contributed by atoms with Gasteiger partial charge in [0.2, 0.25) is 10.0 Å². The zero-order valence-corrected chi connectivity index (χ0v) is 24.6. The van der Waals surface area contributed by atoms with Crippen LogP contribution in [0.3, 0.4) is 0 Å². The van der Waals surface area contributed by atoms with E-state index in [2.05, 4.69) is 5.32 Å². The van der Waals surface area contributed by atoms with E-state index in [-0.39, 0.29) is 57.6 Å². The number of fused-ring (bicyclic) bond motifs is 1. The Hall–Kier alpha value is -4.46. The summed E-state index contributed by atoms with van der Waals surface area (Å²) in [4.78, 5) is 25.8. The fourth-order valence-corrected chi connectivity index (χ4v) is 5.55. The first-order chi connectivity index (χ1) is 20.6. The summed E-state index contributed by atoms with van der Waals surface area (Å²) in [5.41, 5.74) is 0.710. The van der Waals surface area contributed by atoms with Crippen molar-refractivity contribution in [3.63, 3.8) is 0 Å². The van der Waals surface area contributed by atoms with Gasteiger partial charge in [0.25, 0.3) is 11.8 Å². The Bertz CT molecular complexity index is 1800. The minimum absolute atomic E-state index is 0.0116. The first-order valence-electron chi connectivity index (χ1n) is 13.3. The summed E-state index contributed by atoms with van der Waals surface area (Å²) in [7, 11) is -2.64. The molecule has 234 valence electrons. The second kappa shape index (κ2) is 12.6. The number of nitrogens with zero attached hydrogens (tertiary/aromatic N) is 1. The van der Waals surface area contributed by atoms with Gasteiger partial charge in [0.05, 0.1) is 24.2 Å². The summed E-state index contributed by atoms with van der Waals surface area (Å²) in [5.74, 6) is -2.06. The van der Waals surface area contributed by atoms with Crippen LogP contribution in [0.1, 0.15) is 34.1 Å². The van der Waals surface area contributed by atoms with E-state index in [1.54, 1.807) is 0 Å². The van der Waals surface area contributed by atoms with Gasteiger partial charge in [0, 0.05) is 41.7 Å². The molecule has 0 unspecified atom stereocenters. The minimum Gasteiger partial charge on any atom is -0.455 e. The molecule has 1 atom stereocenters. The highest BCUT2D eigenvalue weighted by Crippen LogP contribution is 2.42. The highest BCUT2D eigenvalue weighted by Gasteiger charge is 2.37. The second-order valence-electron chi connectivity index (χ2n) is 9.95. The summed E-state index contributed by atoms with van der Waals surface area (Å²) in [6.07, 6.45) is -3.92. The number of halogens is 5. The lowest BCUT2D eigenvalue weighted by molar-refractivity contribution is -0.149. The Balaban J connectivity index is 2.00. The van der Waals surface area contributed by atoms with Crippen LogP contribution >= 0.6 is 0 Å². The number of rotatable bonds is 10. The van der Waals surface area contributed by atoms with Gasteiger partial charge in [-0.05, 0) is 61.4 Å². The standard InChI is InChI=1S/C30H28F5N3O5S/c1-17(30(33,34)35)37-28(39)20-7-4-6-19(14-20)22-15-23-25(16-24(22)38(13-5-12-31)44(3,41)42)43-27(26(23)29(40)36-2)18-8-10-21(32)11-9-18/h4,6-11,14-17H,5,12-13H2,1-3H3,(H,36,40)(H,37,39)/t17-/m0/s1. The Morgan fingerprint density at radius 2 is 1.68 bits per heavy atom. The van der Waals surface area contributed by atoms with Gasteiger partial charge in [-0.1, -0.05) is 12.1 Å². The van der Waals surface area contributed by atoms with Crippen molar-refractivity contribution in [1.82, 2.24) is 10.6 Å². The molecule has 3 aromatic carbocycles. The van der Waals surface area contributed by atoms with Crippen LogP contribution in [0.5, 0.6) is 0 Å². The summed E-state index contributed by atoms with van der Waals surface area (Å²) < 4.78 is 99.0. The third kappa shape index (κ3) is 6.85. The van der Waals surface area contributed by atoms with Gasteiger partial charge in [-0.15, -0.1) is 0 Å². The fourth-order valence-electron chi connectivity index (χ4n) is 4.58. The van der Waals surface area contributed by atoms with E-state index in [1.807, 2.05) is 5.32 Å². The van der Waals surface area contributed by atoms with Crippen LogP contribution in [0.15, 0.2) is 65.1 Å². The maximum atomic E-state index is 13.7. The Labute approximate surface area is 249 Å². The number of anilines is 1. The quantitative estimate of drug-likeness (QED) is 0.205. The van der Waals surface area contributed by atoms with Crippen LogP contribution in [-0.2, 0) is 10.0 Å². The monoisotopic (exact) mass is 637 g/mol. The summed E-state index contributed by atoms with van der Waals surface area (Å²) >= 11 is 0. The van der Waals surface area contributed by atoms with E-state index >= 15 is 0 Å². The summed E-state index contributed by atoms with van der Waals surface area (Å²) in [6.45, 7) is -0.307. The number of sulfonamides is 1. The van der Waals surface area contributed by atoms with Crippen LogP contribution in [0.25, 0.3) is 33.4 Å². The lowest BCUT2D eigenvalue weighted by atomic mass is 9.97. The Morgan fingerprint density at radius 3 is 2.27 bits per heavy atom. The molecule has 14 heteroatoms. The van der Waals surface area contributed by atoms with E-state index in [1.165, 1.54) is 67.7 Å². The SMILES string of the molecule is CNC(=O)c1c(-c2ccc(F)cc2)oc2cc(N(CCCF)S(C)(=O)=O)c(-c3cccc(C(=O)N[C@@H](C)C(F)(F)F)c3)cc12. The van der Waals surface area contributed by atoms with Crippen molar-refractivity contribution in [3.05, 3.63) is 77.6 Å². The molecular weight excluding hydrogens is 609 g/mol. The maximum Gasteiger partial charge on any atom is 0.408 e. The number of benzene rings is 3. The van der Waals surface area contributed by atoms with Gasteiger partial charge in [0.1, 0.15) is 23.2 Å². The number of furan rings is 1. The van der Waals surface area contributed by atoms with Crippen molar-refractivity contribution < 1.29 is 44.4 Å². The van der Waals surface area contributed by atoms with Crippen LogP contribution in [0, 0.1) is 5.82 Å².